The molecular weight excluding hydrogens is 389 g/mol. The summed E-state index contributed by atoms with van der Waals surface area (Å²) in [5.41, 5.74) is 2.43. The highest BCUT2D eigenvalue weighted by atomic mass is 19.1. The summed E-state index contributed by atoms with van der Waals surface area (Å²) in [6.07, 6.45) is 0.0921. The average Bonchev–Trinajstić information content (AvgIpc) is 2.66. The van der Waals surface area contributed by atoms with Crippen LogP contribution in [0, 0.1) is 17.7 Å². The number of rotatable bonds is 4. The average molecular weight is 415 g/mol. The highest BCUT2D eigenvalue weighted by Gasteiger charge is 2.47. The second kappa shape index (κ2) is 8.42. The molecule has 0 saturated carbocycles. The molecule has 0 unspecified atom stereocenters. The fourth-order valence-electron chi connectivity index (χ4n) is 4.22. The van der Waals surface area contributed by atoms with Crippen molar-refractivity contribution in [3.05, 3.63) is 58.2 Å². The van der Waals surface area contributed by atoms with Gasteiger partial charge in [-0.3, -0.25) is 9.59 Å². The number of carbonyl (C=O) groups excluding carboxylic acids is 3. The van der Waals surface area contributed by atoms with Gasteiger partial charge in [0.1, 0.15) is 11.7 Å². The second-order valence-electron chi connectivity index (χ2n) is 8.04. The summed E-state index contributed by atoms with van der Waals surface area (Å²) < 4.78 is 23.9. The van der Waals surface area contributed by atoms with Crippen LogP contribution in [0.1, 0.15) is 45.6 Å². The van der Waals surface area contributed by atoms with E-state index in [-0.39, 0.29) is 23.4 Å². The van der Waals surface area contributed by atoms with Crippen molar-refractivity contribution >= 4 is 17.7 Å². The van der Waals surface area contributed by atoms with Crippen LogP contribution in [0.25, 0.3) is 0 Å². The number of carbonyl (C=O) groups is 3. The molecule has 2 aliphatic rings. The Morgan fingerprint density at radius 3 is 2.40 bits per heavy atom. The first-order valence-corrected chi connectivity index (χ1v) is 9.95. The van der Waals surface area contributed by atoms with Crippen LogP contribution in [0.4, 0.5) is 4.39 Å². The summed E-state index contributed by atoms with van der Waals surface area (Å²) in [7, 11) is 1.25. The van der Waals surface area contributed by atoms with E-state index in [9.17, 15) is 18.8 Å². The molecule has 160 valence electrons. The van der Waals surface area contributed by atoms with Gasteiger partial charge in [-0.15, -0.1) is 0 Å². The van der Waals surface area contributed by atoms with Crippen LogP contribution < -0.4 is 5.32 Å². The highest BCUT2D eigenvalue weighted by molar-refractivity contribution is 6.12. The van der Waals surface area contributed by atoms with E-state index in [2.05, 4.69) is 5.32 Å². The van der Waals surface area contributed by atoms with Crippen LogP contribution in [0.5, 0.6) is 0 Å². The Bertz CT molecular complexity index is 945. The highest BCUT2D eigenvalue weighted by Crippen LogP contribution is 2.45. The van der Waals surface area contributed by atoms with Gasteiger partial charge in [-0.05, 0) is 50.8 Å². The number of allylic oxidation sites excluding steroid dienone is 3. The summed E-state index contributed by atoms with van der Waals surface area (Å²) in [5.74, 6) is -3.96. The lowest BCUT2D eigenvalue weighted by Gasteiger charge is -2.38. The number of ketones is 1. The van der Waals surface area contributed by atoms with Crippen LogP contribution in [-0.2, 0) is 23.9 Å². The van der Waals surface area contributed by atoms with Crippen molar-refractivity contribution in [2.45, 2.75) is 46.1 Å². The summed E-state index contributed by atoms with van der Waals surface area (Å²) >= 11 is 0. The fourth-order valence-corrected chi connectivity index (χ4v) is 4.22. The van der Waals surface area contributed by atoms with E-state index in [0.29, 0.717) is 29.0 Å². The van der Waals surface area contributed by atoms with Crippen molar-refractivity contribution in [2.75, 3.05) is 7.11 Å². The molecule has 3 rings (SSSR count). The lowest BCUT2D eigenvalue weighted by Crippen LogP contribution is -2.43. The number of esters is 2. The van der Waals surface area contributed by atoms with Gasteiger partial charge in [0.25, 0.3) is 0 Å². The van der Waals surface area contributed by atoms with E-state index < -0.39 is 29.6 Å². The van der Waals surface area contributed by atoms with Crippen molar-refractivity contribution in [2.24, 2.45) is 11.8 Å². The van der Waals surface area contributed by atoms with Gasteiger partial charge in [0.15, 0.2) is 5.78 Å². The summed E-state index contributed by atoms with van der Waals surface area (Å²) in [6.45, 7) is 7.04. The molecule has 30 heavy (non-hydrogen) atoms. The SMILES string of the molecule is COC(=O)[C@H]1C(=O)C2=C(C[C@@H]1C)NC(C)=C(C(=O)OC(C)C)[C@@H]2c1ccc(F)cc1. The Balaban J connectivity index is 2.17. The van der Waals surface area contributed by atoms with Crippen molar-refractivity contribution in [1.29, 1.82) is 0 Å². The number of hydrogen-bond donors (Lipinski definition) is 1. The molecule has 1 aromatic carbocycles. The molecule has 1 aromatic rings. The number of hydrogen-bond acceptors (Lipinski definition) is 6. The monoisotopic (exact) mass is 415 g/mol. The number of Topliss-reactive ketones (excluding diaryl/α,β-unsaturated/α-hetero) is 1. The molecule has 0 spiro atoms. The third kappa shape index (κ3) is 3.88. The molecule has 0 aromatic heterocycles. The topological polar surface area (TPSA) is 81.7 Å². The Labute approximate surface area is 175 Å². The normalized spacial score (nSPS) is 23.8. The number of methoxy groups -OCH3 is 1. The molecule has 0 bridgehead atoms. The third-order valence-corrected chi connectivity index (χ3v) is 5.51. The first-order chi connectivity index (χ1) is 14.1. The van der Waals surface area contributed by atoms with Gasteiger partial charge in [0.2, 0.25) is 0 Å². The maximum atomic E-state index is 13.6. The predicted octanol–water partition coefficient (Wildman–Crippen LogP) is 3.39. The zero-order valence-corrected chi connectivity index (χ0v) is 17.7. The van der Waals surface area contributed by atoms with E-state index in [1.165, 1.54) is 19.2 Å². The summed E-state index contributed by atoms with van der Waals surface area (Å²) in [4.78, 5) is 38.8. The van der Waals surface area contributed by atoms with Gasteiger partial charge >= 0.3 is 11.9 Å². The van der Waals surface area contributed by atoms with E-state index >= 15 is 0 Å². The van der Waals surface area contributed by atoms with E-state index in [0.717, 1.165) is 0 Å². The fraction of sp³-hybridized carbons (Fsp3) is 0.435. The number of halogens is 1. The van der Waals surface area contributed by atoms with Gasteiger partial charge in [-0.2, -0.15) is 0 Å². The molecule has 1 heterocycles. The third-order valence-electron chi connectivity index (χ3n) is 5.51. The molecule has 1 aliphatic heterocycles. The van der Waals surface area contributed by atoms with Crippen molar-refractivity contribution < 1.29 is 28.2 Å². The number of benzene rings is 1. The number of ether oxygens (including phenoxy) is 2. The first kappa shape index (κ1) is 21.7. The van der Waals surface area contributed by atoms with E-state index in [1.54, 1.807) is 32.9 Å². The smallest absolute Gasteiger partial charge is 0.337 e. The van der Waals surface area contributed by atoms with Gasteiger partial charge in [0.05, 0.1) is 18.8 Å². The standard InChI is InChI=1S/C23H26FNO5/c1-11(2)30-23(28)18-13(4)25-16-10-12(3)17(22(27)29-5)21(26)20(16)19(18)14-6-8-15(24)9-7-14/h6-9,11-12,17,19,25H,10H2,1-5H3/t12-,17+,19-/m0/s1. The second-order valence-corrected chi connectivity index (χ2v) is 8.04. The van der Waals surface area contributed by atoms with Crippen LogP contribution in [-0.4, -0.2) is 30.9 Å². The van der Waals surface area contributed by atoms with Crippen LogP contribution in [0.3, 0.4) is 0 Å². The quantitative estimate of drug-likeness (QED) is 0.600. The van der Waals surface area contributed by atoms with Crippen LogP contribution in [0.2, 0.25) is 0 Å². The Kier molecular flexibility index (Phi) is 6.10. The summed E-state index contributed by atoms with van der Waals surface area (Å²) in [5, 5.41) is 3.18. The minimum Gasteiger partial charge on any atom is -0.468 e. The molecule has 0 saturated heterocycles. The largest absolute Gasteiger partial charge is 0.468 e. The molecule has 1 aliphatic carbocycles. The molecule has 0 radical (unpaired) electrons. The molecule has 6 nitrogen and oxygen atoms in total. The minimum atomic E-state index is -0.959. The summed E-state index contributed by atoms with van der Waals surface area (Å²) in [6, 6.07) is 5.66. The molecule has 1 N–H and O–H groups in total. The van der Waals surface area contributed by atoms with Gasteiger partial charge in [-0.25, -0.2) is 9.18 Å². The zero-order chi connectivity index (χ0) is 22.2. The molecule has 0 amide bonds. The van der Waals surface area contributed by atoms with Gasteiger partial charge in [-0.1, -0.05) is 19.1 Å². The van der Waals surface area contributed by atoms with E-state index in [1.807, 2.05) is 6.92 Å². The lowest BCUT2D eigenvalue weighted by atomic mass is 9.69. The first-order valence-electron chi connectivity index (χ1n) is 9.95. The van der Waals surface area contributed by atoms with Gasteiger partial charge < -0.3 is 14.8 Å². The Morgan fingerprint density at radius 1 is 1.20 bits per heavy atom. The lowest BCUT2D eigenvalue weighted by molar-refractivity contribution is -0.151. The zero-order valence-electron chi connectivity index (χ0n) is 17.7. The maximum absolute atomic E-state index is 13.6. The Hall–Kier alpha value is -2.96. The van der Waals surface area contributed by atoms with Gasteiger partial charge in [0, 0.05) is 22.9 Å². The van der Waals surface area contributed by atoms with E-state index in [4.69, 9.17) is 9.47 Å². The number of nitrogens with one attached hydrogen (secondary N) is 1. The molecular formula is C23H26FNO5. The number of dihydropyridines is 1. The molecule has 7 heteroatoms. The molecule has 3 atom stereocenters. The van der Waals surface area contributed by atoms with Crippen molar-refractivity contribution in [3.63, 3.8) is 0 Å². The maximum Gasteiger partial charge on any atom is 0.337 e. The minimum absolute atomic E-state index is 0.262. The molecule has 0 fully saturated rings. The van der Waals surface area contributed by atoms with Crippen LogP contribution in [0.15, 0.2) is 46.8 Å². The Morgan fingerprint density at radius 2 is 1.83 bits per heavy atom. The van der Waals surface area contributed by atoms with Crippen LogP contribution >= 0.6 is 0 Å². The van der Waals surface area contributed by atoms with Crippen molar-refractivity contribution in [1.82, 2.24) is 5.32 Å². The van der Waals surface area contributed by atoms with Crippen molar-refractivity contribution in [3.8, 4) is 0 Å². The predicted molar refractivity (Wildman–Crippen MR) is 108 cm³/mol.